The summed E-state index contributed by atoms with van der Waals surface area (Å²) in [6, 6.07) is 8.01. The van der Waals surface area contributed by atoms with Gasteiger partial charge in [0.15, 0.2) is 0 Å². The highest BCUT2D eigenvalue weighted by molar-refractivity contribution is 5.88. The molecule has 0 amide bonds. The van der Waals surface area contributed by atoms with Crippen molar-refractivity contribution in [3.05, 3.63) is 60.7 Å². The first-order valence-corrected chi connectivity index (χ1v) is 11.2. The van der Waals surface area contributed by atoms with Crippen LogP contribution in [0.3, 0.4) is 0 Å². The second kappa shape index (κ2) is 17.8. The Labute approximate surface area is 177 Å². The van der Waals surface area contributed by atoms with Gasteiger partial charge in [0.1, 0.15) is 0 Å². The molecular formula is C26H39NO2. The van der Waals surface area contributed by atoms with E-state index < -0.39 is 0 Å². The number of carbonyl (C=O) groups is 1. The van der Waals surface area contributed by atoms with Crippen molar-refractivity contribution in [2.45, 2.75) is 71.1 Å². The first-order chi connectivity index (χ1) is 14.3. The normalized spacial score (nSPS) is 11.2. The monoisotopic (exact) mass is 397 g/mol. The van der Waals surface area contributed by atoms with E-state index in [-0.39, 0.29) is 5.97 Å². The van der Waals surface area contributed by atoms with Crippen LogP contribution in [0.2, 0.25) is 0 Å². The largest absolute Gasteiger partial charge is 0.463 e. The SMILES string of the molecule is C=CCCCCCCCCC=CCCCNc1ccccc1C=CC(=O)OCC. The number of para-hydroxylation sites is 1. The summed E-state index contributed by atoms with van der Waals surface area (Å²) in [7, 11) is 0. The van der Waals surface area contributed by atoms with E-state index in [4.69, 9.17) is 4.74 Å². The zero-order valence-electron chi connectivity index (χ0n) is 18.2. The summed E-state index contributed by atoms with van der Waals surface area (Å²) in [6.45, 7) is 6.88. The molecule has 1 aromatic carbocycles. The first kappa shape index (κ1) is 24.7. The smallest absolute Gasteiger partial charge is 0.330 e. The molecule has 1 N–H and O–H groups in total. The molecule has 0 radical (unpaired) electrons. The van der Waals surface area contributed by atoms with Crippen LogP contribution < -0.4 is 5.32 Å². The molecule has 0 spiro atoms. The summed E-state index contributed by atoms with van der Waals surface area (Å²) in [5, 5.41) is 3.47. The van der Waals surface area contributed by atoms with Crippen molar-refractivity contribution in [1.29, 1.82) is 0 Å². The number of hydrogen-bond acceptors (Lipinski definition) is 3. The number of carbonyl (C=O) groups excluding carboxylic acids is 1. The van der Waals surface area contributed by atoms with Crippen molar-refractivity contribution in [3.8, 4) is 0 Å². The molecule has 0 aliphatic heterocycles. The number of rotatable bonds is 17. The average molecular weight is 398 g/mol. The van der Waals surface area contributed by atoms with Crippen LogP contribution in [0.15, 0.2) is 55.1 Å². The minimum absolute atomic E-state index is 0.305. The quantitative estimate of drug-likeness (QED) is 0.129. The fourth-order valence-electron chi connectivity index (χ4n) is 3.09. The maximum Gasteiger partial charge on any atom is 0.330 e. The zero-order chi connectivity index (χ0) is 21.0. The molecule has 0 aliphatic carbocycles. The van der Waals surface area contributed by atoms with Gasteiger partial charge in [-0.05, 0) is 63.2 Å². The zero-order valence-corrected chi connectivity index (χ0v) is 18.2. The van der Waals surface area contributed by atoms with Gasteiger partial charge in [0, 0.05) is 18.3 Å². The molecule has 0 aromatic heterocycles. The van der Waals surface area contributed by atoms with Crippen LogP contribution in [0.25, 0.3) is 6.08 Å². The van der Waals surface area contributed by atoms with Crippen molar-refractivity contribution in [1.82, 2.24) is 0 Å². The summed E-state index contributed by atoms with van der Waals surface area (Å²) in [4.78, 5) is 11.5. The number of hydrogen-bond donors (Lipinski definition) is 1. The van der Waals surface area contributed by atoms with Gasteiger partial charge in [-0.2, -0.15) is 0 Å². The summed E-state index contributed by atoms with van der Waals surface area (Å²) >= 11 is 0. The minimum atomic E-state index is -0.305. The van der Waals surface area contributed by atoms with E-state index in [0.29, 0.717) is 6.61 Å². The van der Waals surface area contributed by atoms with E-state index in [9.17, 15) is 4.79 Å². The van der Waals surface area contributed by atoms with E-state index in [2.05, 4.69) is 24.0 Å². The molecule has 0 saturated carbocycles. The van der Waals surface area contributed by atoms with Crippen LogP contribution in [-0.2, 0) is 9.53 Å². The van der Waals surface area contributed by atoms with Crippen molar-refractivity contribution in [2.75, 3.05) is 18.5 Å². The Kier molecular flexibility index (Phi) is 15.2. The lowest BCUT2D eigenvalue weighted by Crippen LogP contribution is -2.03. The Bertz CT molecular complexity index is 619. The van der Waals surface area contributed by atoms with E-state index in [1.807, 2.05) is 37.3 Å². The van der Waals surface area contributed by atoms with Crippen molar-refractivity contribution < 1.29 is 9.53 Å². The number of unbranched alkanes of at least 4 members (excludes halogenated alkanes) is 8. The Morgan fingerprint density at radius 1 is 0.966 bits per heavy atom. The van der Waals surface area contributed by atoms with Gasteiger partial charge in [-0.3, -0.25) is 0 Å². The van der Waals surface area contributed by atoms with Crippen LogP contribution in [0, 0.1) is 0 Å². The van der Waals surface area contributed by atoms with Gasteiger partial charge in [0.05, 0.1) is 6.61 Å². The van der Waals surface area contributed by atoms with E-state index in [1.54, 1.807) is 6.08 Å². The van der Waals surface area contributed by atoms with Crippen molar-refractivity contribution in [2.24, 2.45) is 0 Å². The summed E-state index contributed by atoms with van der Waals surface area (Å²) in [5.74, 6) is -0.305. The molecule has 0 fully saturated rings. The third-order valence-electron chi connectivity index (χ3n) is 4.71. The Morgan fingerprint density at radius 2 is 1.62 bits per heavy atom. The topological polar surface area (TPSA) is 38.3 Å². The average Bonchev–Trinajstić information content (AvgIpc) is 2.73. The Morgan fingerprint density at radius 3 is 2.34 bits per heavy atom. The fourth-order valence-corrected chi connectivity index (χ4v) is 3.09. The van der Waals surface area contributed by atoms with Crippen LogP contribution in [0.1, 0.15) is 76.7 Å². The molecule has 1 rings (SSSR count). The number of allylic oxidation sites excluding steroid dienone is 3. The van der Waals surface area contributed by atoms with Crippen LogP contribution in [0.4, 0.5) is 5.69 Å². The minimum Gasteiger partial charge on any atom is -0.463 e. The van der Waals surface area contributed by atoms with Crippen LogP contribution >= 0.6 is 0 Å². The molecular weight excluding hydrogens is 358 g/mol. The van der Waals surface area contributed by atoms with Gasteiger partial charge in [0.2, 0.25) is 0 Å². The molecule has 29 heavy (non-hydrogen) atoms. The first-order valence-electron chi connectivity index (χ1n) is 11.2. The summed E-state index contributed by atoms with van der Waals surface area (Å²) in [6.07, 6.45) is 22.5. The number of esters is 1. The van der Waals surface area contributed by atoms with Crippen LogP contribution in [0.5, 0.6) is 0 Å². The maximum atomic E-state index is 11.5. The predicted octanol–water partition coefficient (Wildman–Crippen LogP) is 7.32. The molecule has 0 unspecified atom stereocenters. The highest BCUT2D eigenvalue weighted by Gasteiger charge is 1.99. The highest BCUT2D eigenvalue weighted by Crippen LogP contribution is 2.17. The lowest BCUT2D eigenvalue weighted by Gasteiger charge is -2.09. The van der Waals surface area contributed by atoms with Gasteiger partial charge in [-0.15, -0.1) is 6.58 Å². The van der Waals surface area contributed by atoms with Gasteiger partial charge in [0.25, 0.3) is 0 Å². The molecule has 0 bridgehead atoms. The highest BCUT2D eigenvalue weighted by atomic mass is 16.5. The second-order valence-corrected chi connectivity index (χ2v) is 7.20. The Balaban J connectivity index is 2.12. The lowest BCUT2D eigenvalue weighted by atomic mass is 10.1. The summed E-state index contributed by atoms with van der Waals surface area (Å²) < 4.78 is 4.93. The third kappa shape index (κ3) is 13.5. The number of anilines is 1. The third-order valence-corrected chi connectivity index (χ3v) is 4.71. The number of ether oxygens (including phenoxy) is 1. The molecule has 1 aromatic rings. The number of benzene rings is 1. The van der Waals surface area contributed by atoms with Gasteiger partial charge in [-0.25, -0.2) is 4.79 Å². The maximum absolute atomic E-state index is 11.5. The molecule has 3 nitrogen and oxygen atoms in total. The molecule has 0 saturated heterocycles. The van der Waals surface area contributed by atoms with Crippen molar-refractivity contribution >= 4 is 17.7 Å². The fraction of sp³-hybridized carbons (Fsp3) is 0.500. The van der Waals surface area contributed by atoms with E-state index in [0.717, 1.165) is 37.1 Å². The summed E-state index contributed by atoms with van der Waals surface area (Å²) in [5.41, 5.74) is 2.05. The predicted molar refractivity (Wildman–Crippen MR) is 126 cm³/mol. The Hall–Kier alpha value is -2.29. The van der Waals surface area contributed by atoms with Crippen molar-refractivity contribution in [3.63, 3.8) is 0 Å². The van der Waals surface area contributed by atoms with Gasteiger partial charge >= 0.3 is 5.97 Å². The van der Waals surface area contributed by atoms with Crippen LogP contribution in [-0.4, -0.2) is 19.1 Å². The molecule has 0 atom stereocenters. The van der Waals surface area contributed by atoms with E-state index in [1.165, 1.54) is 51.0 Å². The number of nitrogens with one attached hydrogen (secondary N) is 1. The van der Waals surface area contributed by atoms with Gasteiger partial charge < -0.3 is 10.1 Å². The molecule has 3 heteroatoms. The van der Waals surface area contributed by atoms with E-state index >= 15 is 0 Å². The van der Waals surface area contributed by atoms with Gasteiger partial charge in [-0.1, -0.05) is 62.1 Å². The lowest BCUT2D eigenvalue weighted by molar-refractivity contribution is -0.137. The molecule has 160 valence electrons. The molecule has 0 heterocycles. The molecule has 0 aliphatic rings. The standard InChI is InChI=1S/C26H39NO2/c1-3-5-6-7-8-9-10-11-12-13-14-15-18-23-27-25-20-17-16-19-24(25)21-22-26(28)29-4-2/h3,13-14,16-17,19-22,27H,1,4-12,15,18,23H2,2H3. The second-order valence-electron chi connectivity index (χ2n) is 7.20.